The summed E-state index contributed by atoms with van der Waals surface area (Å²) in [5.74, 6) is 0.514. The Kier molecular flexibility index (Phi) is 4.93. The highest BCUT2D eigenvalue weighted by Crippen LogP contribution is 2.45. The molecule has 0 unspecified atom stereocenters. The maximum absolute atomic E-state index is 12.5. The highest BCUT2D eigenvalue weighted by atomic mass is 19.3. The summed E-state index contributed by atoms with van der Waals surface area (Å²) < 4.78 is 25.0. The Hall–Kier alpha value is -0.440. The molecule has 18 heavy (non-hydrogen) atoms. The van der Waals surface area contributed by atoms with Crippen molar-refractivity contribution in [3.8, 4) is 0 Å². The Morgan fingerprint density at radius 3 is 2.50 bits per heavy atom. The van der Waals surface area contributed by atoms with Gasteiger partial charge in [-0.2, -0.15) is 0 Å². The fourth-order valence-corrected chi connectivity index (χ4v) is 2.83. The second-order valence-electron chi connectivity index (χ2n) is 6.89. The lowest BCUT2D eigenvalue weighted by atomic mass is 9.63. The monoisotopic (exact) mass is 259 g/mol. The predicted molar refractivity (Wildman–Crippen MR) is 72.9 cm³/mol. The summed E-state index contributed by atoms with van der Waals surface area (Å²) in [4.78, 5) is 0. The highest BCUT2D eigenvalue weighted by Gasteiger charge is 2.40. The fraction of sp³-hybridized carbons (Fsp3) is 0.867. The van der Waals surface area contributed by atoms with Crippen LogP contribution in [0.2, 0.25) is 0 Å². The van der Waals surface area contributed by atoms with Gasteiger partial charge in [0, 0.05) is 18.4 Å². The van der Waals surface area contributed by atoms with E-state index in [0.717, 1.165) is 25.1 Å². The molecule has 1 heterocycles. The second kappa shape index (κ2) is 5.68. The van der Waals surface area contributed by atoms with E-state index in [-0.39, 0.29) is 17.3 Å². The molecule has 1 saturated heterocycles. The third-order valence-corrected chi connectivity index (χ3v) is 4.46. The molecule has 1 aliphatic heterocycles. The lowest BCUT2D eigenvalue weighted by Crippen LogP contribution is -2.48. The zero-order chi connectivity index (χ0) is 14.0. The lowest BCUT2D eigenvalue weighted by Gasteiger charge is -2.46. The maximum atomic E-state index is 12.5. The van der Waals surface area contributed by atoms with E-state index >= 15 is 0 Å². The van der Waals surface area contributed by atoms with Gasteiger partial charge in [-0.3, -0.25) is 0 Å². The van der Waals surface area contributed by atoms with Crippen molar-refractivity contribution in [1.82, 2.24) is 5.32 Å². The van der Waals surface area contributed by atoms with Gasteiger partial charge in [0.2, 0.25) is 6.43 Å². The first kappa shape index (κ1) is 15.6. The number of nitrogens with one attached hydrogen (secondary N) is 1. The van der Waals surface area contributed by atoms with Crippen LogP contribution in [0.25, 0.3) is 0 Å². The molecule has 1 aliphatic rings. The first-order chi connectivity index (χ1) is 8.17. The molecule has 0 aromatic carbocycles. The summed E-state index contributed by atoms with van der Waals surface area (Å²) in [5, 5.41) is 3.43. The van der Waals surface area contributed by atoms with Crippen molar-refractivity contribution in [2.75, 3.05) is 13.1 Å². The van der Waals surface area contributed by atoms with Crippen LogP contribution in [0.3, 0.4) is 0 Å². The van der Waals surface area contributed by atoms with Crippen molar-refractivity contribution in [2.24, 2.45) is 16.7 Å². The molecule has 0 aromatic rings. The maximum Gasteiger partial charge on any atom is 0.238 e. The van der Waals surface area contributed by atoms with Gasteiger partial charge in [0.15, 0.2) is 0 Å². The Labute approximate surface area is 110 Å². The molecule has 1 fully saturated rings. The Morgan fingerprint density at radius 1 is 1.44 bits per heavy atom. The molecule has 0 aromatic heterocycles. The van der Waals surface area contributed by atoms with E-state index in [9.17, 15) is 8.78 Å². The van der Waals surface area contributed by atoms with Crippen LogP contribution in [0.1, 0.15) is 47.0 Å². The Bertz CT molecular complexity index is 293. The van der Waals surface area contributed by atoms with Gasteiger partial charge < -0.3 is 5.32 Å². The normalized spacial score (nSPS) is 29.6. The molecule has 1 N–H and O–H groups in total. The zero-order valence-electron chi connectivity index (χ0n) is 12.2. The predicted octanol–water partition coefficient (Wildman–Crippen LogP) is 4.25. The van der Waals surface area contributed by atoms with E-state index in [1.54, 1.807) is 0 Å². The molecular formula is C15H27F2N. The largest absolute Gasteiger partial charge is 0.316 e. The summed E-state index contributed by atoms with van der Waals surface area (Å²) in [6.45, 7) is 14.5. The lowest BCUT2D eigenvalue weighted by molar-refractivity contribution is 0.0740. The quantitative estimate of drug-likeness (QED) is 0.744. The smallest absolute Gasteiger partial charge is 0.238 e. The number of halogens is 2. The van der Waals surface area contributed by atoms with E-state index in [1.807, 2.05) is 6.92 Å². The van der Waals surface area contributed by atoms with Gasteiger partial charge in [-0.15, -0.1) is 0 Å². The van der Waals surface area contributed by atoms with Gasteiger partial charge in [0.25, 0.3) is 0 Å². The molecular weight excluding hydrogens is 232 g/mol. The number of hydrogen-bond acceptors (Lipinski definition) is 1. The number of piperidine rings is 1. The molecule has 0 amide bonds. The van der Waals surface area contributed by atoms with E-state index in [2.05, 4.69) is 32.7 Å². The first-order valence-corrected chi connectivity index (χ1v) is 6.82. The summed E-state index contributed by atoms with van der Waals surface area (Å²) in [7, 11) is 0. The van der Waals surface area contributed by atoms with E-state index < -0.39 is 6.43 Å². The van der Waals surface area contributed by atoms with Crippen molar-refractivity contribution in [3.05, 3.63) is 12.2 Å². The SMILES string of the molecule is C=C(C)[C@@]1(CCC(F)F)CNC[C@H](C(C)(C)C)C1. The summed E-state index contributed by atoms with van der Waals surface area (Å²) in [6, 6.07) is 0. The minimum absolute atomic E-state index is 0.0224. The summed E-state index contributed by atoms with van der Waals surface area (Å²) in [5.41, 5.74) is 1.11. The molecule has 106 valence electrons. The number of hydrogen-bond donors (Lipinski definition) is 1. The second-order valence-corrected chi connectivity index (χ2v) is 6.89. The molecule has 1 nitrogen and oxygen atoms in total. The molecule has 0 aliphatic carbocycles. The molecule has 1 rings (SSSR count). The third kappa shape index (κ3) is 3.78. The van der Waals surface area contributed by atoms with Crippen LogP contribution in [0.15, 0.2) is 12.2 Å². The average molecular weight is 259 g/mol. The summed E-state index contributed by atoms with van der Waals surface area (Å²) in [6.07, 6.45) is -0.715. The summed E-state index contributed by atoms with van der Waals surface area (Å²) >= 11 is 0. The molecule has 0 spiro atoms. The minimum atomic E-state index is -2.21. The van der Waals surface area contributed by atoms with Crippen molar-refractivity contribution >= 4 is 0 Å². The highest BCUT2D eigenvalue weighted by molar-refractivity contribution is 5.12. The van der Waals surface area contributed by atoms with E-state index in [4.69, 9.17) is 0 Å². The van der Waals surface area contributed by atoms with E-state index in [1.165, 1.54) is 0 Å². The molecule has 0 saturated carbocycles. The first-order valence-electron chi connectivity index (χ1n) is 6.82. The van der Waals surface area contributed by atoms with Gasteiger partial charge in [0.05, 0.1) is 0 Å². The van der Waals surface area contributed by atoms with E-state index in [0.29, 0.717) is 12.3 Å². The third-order valence-electron chi connectivity index (χ3n) is 4.46. The van der Waals surface area contributed by atoms with Crippen molar-refractivity contribution in [1.29, 1.82) is 0 Å². The Morgan fingerprint density at radius 2 is 2.06 bits per heavy atom. The van der Waals surface area contributed by atoms with Gasteiger partial charge in [0.1, 0.15) is 0 Å². The average Bonchev–Trinajstić information content (AvgIpc) is 2.25. The van der Waals surface area contributed by atoms with Crippen LogP contribution in [-0.4, -0.2) is 19.5 Å². The van der Waals surface area contributed by atoms with Crippen LogP contribution >= 0.6 is 0 Å². The zero-order valence-corrected chi connectivity index (χ0v) is 12.2. The molecule has 3 heteroatoms. The molecule has 0 radical (unpaired) electrons. The minimum Gasteiger partial charge on any atom is -0.316 e. The van der Waals surface area contributed by atoms with Crippen molar-refractivity contribution in [3.63, 3.8) is 0 Å². The fourth-order valence-electron chi connectivity index (χ4n) is 2.83. The van der Waals surface area contributed by atoms with Crippen LogP contribution in [-0.2, 0) is 0 Å². The molecule has 0 bridgehead atoms. The van der Waals surface area contributed by atoms with Crippen LogP contribution in [0.5, 0.6) is 0 Å². The van der Waals surface area contributed by atoms with Gasteiger partial charge in [-0.05, 0) is 37.6 Å². The van der Waals surface area contributed by atoms with Crippen molar-refractivity contribution < 1.29 is 8.78 Å². The van der Waals surface area contributed by atoms with Crippen LogP contribution in [0.4, 0.5) is 8.78 Å². The van der Waals surface area contributed by atoms with Gasteiger partial charge >= 0.3 is 0 Å². The van der Waals surface area contributed by atoms with Crippen LogP contribution in [0, 0.1) is 16.7 Å². The van der Waals surface area contributed by atoms with Crippen LogP contribution < -0.4 is 5.32 Å². The van der Waals surface area contributed by atoms with Gasteiger partial charge in [-0.25, -0.2) is 8.78 Å². The number of alkyl halides is 2. The topological polar surface area (TPSA) is 12.0 Å². The van der Waals surface area contributed by atoms with Crippen molar-refractivity contribution in [2.45, 2.75) is 53.4 Å². The number of rotatable bonds is 4. The van der Waals surface area contributed by atoms with Gasteiger partial charge in [-0.1, -0.05) is 32.9 Å². The molecule has 2 atom stereocenters. The standard InChI is InChI=1S/C15H27F2N/c1-11(2)15(7-6-13(16)17)8-12(9-18-10-15)14(3,4)5/h12-13,18H,1,6-10H2,2-5H3/t12-,15-/m1/s1. The Balaban J connectivity index is 2.81.